The van der Waals surface area contributed by atoms with Gasteiger partial charge in [-0.2, -0.15) is 5.10 Å². The second kappa shape index (κ2) is 14.9. The highest BCUT2D eigenvalue weighted by atomic mass is 15.3. The summed E-state index contributed by atoms with van der Waals surface area (Å²) in [5.41, 5.74) is 8.43. The molecule has 5 heterocycles. The summed E-state index contributed by atoms with van der Waals surface area (Å²) < 4.78 is 6.38. The van der Waals surface area contributed by atoms with Crippen LogP contribution in [-0.2, 0) is 11.1 Å². The molecule has 5 aromatic heterocycles. The molecule has 0 spiro atoms. The summed E-state index contributed by atoms with van der Waals surface area (Å²) in [5, 5.41) is 6.69. The van der Waals surface area contributed by atoms with Crippen LogP contribution in [0.3, 0.4) is 0 Å². The Morgan fingerprint density at radius 2 is 0.721 bits per heavy atom. The lowest BCUT2D eigenvalue weighted by Crippen LogP contribution is -2.37. The zero-order valence-electron chi connectivity index (χ0n) is 33.0. The smallest absolute Gasteiger partial charge is 0.166 e. The van der Waals surface area contributed by atoms with Gasteiger partial charge in [-0.1, -0.05) is 182 Å². The van der Waals surface area contributed by atoms with E-state index in [0.717, 1.165) is 66.7 Å². The third-order valence-electron chi connectivity index (χ3n) is 11.9. The number of rotatable bonds is 10. The lowest BCUT2D eigenvalue weighted by atomic mass is 9.76. The van der Waals surface area contributed by atoms with E-state index in [9.17, 15) is 0 Å². The Labute approximate surface area is 352 Å². The molecule has 0 aliphatic carbocycles. The second-order valence-corrected chi connectivity index (χ2v) is 15.1. The fraction of sp³-hybridized carbons (Fsp3) is 0.0377. The minimum atomic E-state index is -0.735. The van der Waals surface area contributed by atoms with Crippen LogP contribution >= 0.6 is 0 Å². The van der Waals surface area contributed by atoms with Crippen molar-refractivity contribution >= 4 is 22.1 Å². The van der Waals surface area contributed by atoms with E-state index in [2.05, 4.69) is 216 Å². The minimum absolute atomic E-state index is 0.664. The van der Waals surface area contributed by atoms with Crippen LogP contribution in [0.15, 0.2) is 232 Å². The highest BCUT2D eigenvalue weighted by Crippen LogP contribution is 2.45. The Kier molecular flexibility index (Phi) is 8.74. The lowest BCUT2D eigenvalue weighted by Gasteiger charge is -2.38. The van der Waals surface area contributed by atoms with Crippen molar-refractivity contribution in [2.24, 2.45) is 0 Å². The van der Waals surface area contributed by atoms with Gasteiger partial charge in [-0.25, -0.2) is 24.6 Å². The molecule has 8 nitrogen and oxygen atoms in total. The van der Waals surface area contributed by atoms with Gasteiger partial charge in [0.15, 0.2) is 5.82 Å². The Morgan fingerprint density at radius 1 is 0.361 bits per heavy atom. The summed E-state index contributed by atoms with van der Waals surface area (Å²) in [5.74, 6) is 0.664. The number of benzene rings is 6. The standard InChI is InChI=1S/C53H38N8/c1-7-19-40(20-8-1)52(41-21-9-2-10-22-41,42-23-11-3-12-24-42)59-33-31-46-48(54-37-55-49(46)59)39-35-58-61(36-39)51-47-32-34-60(50(47)56-38-57-51)53(43-25-13-4-14-26-43,44-27-15-5-16-28-44)45-29-17-6-18-30-45/h1-38H. The molecule has 8 heteroatoms. The Hall–Kier alpha value is -8.23. The van der Waals surface area contributed by atoms with Crippen LogP contribution in [0, 0.1) is 0 Å². The average molecular weight is 787 g/mol. The van der Waals surface area contributed by atoms with Crippen LogP contribution in [0.1, 0.15) is 33.4 Å². The van der Waals surface area contributed by atoms with E-state index in [4.69, 9.17) is 25.0 Å². The predicted molar refractivity (Wildman–Crippen MR) is 240 cm³/mol. The summed E-state index contributed by atoms with van der Waals surface area (Å²) in [7, 11) is 0. The molecule has 0 amide bonds. The molecular formula is C53H38N8. The molecule has 0 saturated carbocycles. The molecule has 0 aliphatic heterocycles. The first-order chi connectivity index (χ1) is 30.3. The molecule has 6 aromatic carbocycles. The van der Waals surface area contributed by atoms with E-state index in [1.54, 1.807) is 12.7 Å². The quantitative estimate of drug-likeness (QED) is 0.129. The van der Waals surface area contributed by atoms with E-state index in [0.29, 0.717) is 5.82 Å². The van der Waals surface area contributed by atoms with Gasteiger partial charge in [0.05, 0.1) is 17.3 Å². The molecule has 11 aromatic rings. The average Bonchev–Trinajstić information content (AvgIpc) is 4.12. The highest BCUT2D eigenvalue weighted by Gasteiger charge is 2.41. The van der Waals surface area contributed by atoms with E-state index < -0.39 is 11.1 Å². The molecule has 0 saturated heterocycles. The van der Waals surface area contributed by atoms with Gasteiger partial charge in [0.25, 0.3) is 0 Å². The number of hydrogen-bond acceptors (Lipinski definition) is 5. The third kappa shape index (κ3) is 5.64. The SMILES string of the molecule is c1ccc(C(c2ccccc2)(c2ccccc2)n2ccc3c(-c4cnn(-c5ncnc6c5ccn6C(c5ccccc5)(c5ccccc5)c5ccccc5)c4)ncnc32)cc1. The van der Waals surface area contributed by atoms with Gasteiger partial charge in [0.2, 0.25) is 0 Å². The molecule has 0 unspecified atom stereocenters. The van der Waals surface area contributed by atoms with Crippen LogP contribution < -0.4 is 0 Å². The maximum Gasteiger partial charge on any atom is 0.166 e. The van der Waals surface area contributed by atoms with Gasteiger partial charge >= 0.3 is 0 Å². The maximum atomic E-state index is 4.98. The Bertz CT molecular complexity index is 2820. The van der Waals surface area contributed by atoms with Crippen molar-refractivity contribution in [3.63, 3.8) is 0 Å². The molecule has 290 valence electrons. The third-order valence-corrected chi connectivity index (χ3v) is 11.9. The number of fused-ring (bicyclic) bond motifs is 2. The van der Waals surface area contributed by atoms with Crippen molar-refractivity contribution < 1.29 is 0 Å². The van der Waals surface area contributed by atoms with E-state index in [1.165, 1.54) is 0 Å². The van der Waals surface area contributed by atoms with Crippen molar-refractivity contribution in [1.82, 2.24) is 38.9 Å². The van der Waals surface area contributed by atoms with E-state index >= 15 is 0 Å². The molecule has 0 radical (unpaired) electrons. The first kappa shape index (κ1) is 35.9. The van der Waals surface area contributed by atoms with E-state index in [-0.39, 0.29) is 0 Å². The molecule has 0 bridgehead atoms. The summed E-state index contributed by atoms with van der Waals surface area (Å²) in [4.78, 5) is 19.7. The van der Waals surface area contributed by atoms with Gasteiger partial charge in [-0.15, -0.1) is 0 Å². The monoisotopic (exact) mass is 786 g/mol. The molecule has 0 atom stereocenters. The second-order valence-electron chi connectivity index (χ2n) is 15.1. The highest BCUT2D eigenvalue weighted by molar-refractivity contribution is 5.92. The lowest BCUT2D eigenvalue weighted by molar-refractivity contribution is 0.529. The van der Waals surface area contributed by atoms with Gasteiger partial charge in [0, 0.05) is 29.5 Å². The van der Waals surface area contributed by atoms with Crippen LogP contribution in [0.2, 0.25) is 0 Å². The Balaban J connectivity index is 1.07. The summed E-state index contributed by atoms with van der Waals surface area (Å²) in [6, 6.07) is 68.0. The summed E-state index contributed by atoms with van der Waals surface area (Å²) >= 11 is 0. The fourth-order valence-corrected chi connectivity index (χ4v) is 9.31. The van der Waals surface area contributed by atoms with Crippen LogP contribution in [-0.4, -0.2) is 38.9 Å². The van der Waals surface area contributed by atoms with Gasteiger partial charge < -0.3 is 9.13 Å². The molecule has 11 rings (SSSR count). The zero-order chi connectivity index (χ0) is 40.6. The maximum absolute atomic E-state index is 4.98. The molecule has 0 aliphatic rings. The molecule has 0 fully saturated rings. The van der Waals surface area contributed by atoms with E-state index in [1.807, 2.05) is 17.1 Å². The predicted octanol–water partition coefficient (Wildman–Crippen LogP) is 10.7. The van der Waals surface area contributed by atoms with Gasteiger partial charge in [-0.3, -0.25) is 0 Å². The topological polar surface area (TPSA) is 79.2 Å². The van der Waals surface area contributed by atoms with Crippen LogP contribution in [0.5, 0.6) is 0 Å². The number of hydrogen-bond donors (Lipinski definition) is 0. The first-order valence-electron chi connectivity index (χ1n) is 20.3. The van der Waals surface area contributed by atoms with Crippen molar-refractivity contribution in [3.05, 3.63) is 265 Å². The number of aromatic nitrogens is 8. The summed E-state index contributed by atoms with van der Waals surface area (Å²) in [6.07, 6.45) is 11.4. The number of nitrogens with zero attached hydrogens (tertiary/aromatic N) is 8. The normalized spacial score (nSPS) is 11.9. The Morgan fingerprint density at radius 3 is 1.13 bits per heavy atom. The van der Waals surface area contributed by atoms with Crippen LogP contribution in [0.4, 0.5) is 0 Å². The van der Waals surface area contributed by atoms with Gasteiger partial charge in [-0.05, 0) is 45.5 Å². The minimum Gasteiger partial charge on any atom is -0.314 e. The van der Waals surface area contributed by atoms with Crippen molar-refractivity contribution in [3.8, 4) is 17.1 Å². The zero-order valence-corrected chi connectivity index (χ0v) is 33.0. The fourth-order valence-electron chi connectivity index (χ4n) is 9.31. The van der Waals surface area contributed by atoms with Crippen molar-refractivity contribution in [2.45, 2.75) is 11.1 Å². The summed E-state index contributed by atoms with van der Waals surface area (Å²) in [6.45, 7) is 0. The molecular weight excluding hydrogens is 749 g/mol. The van der Waals surface area contributed by atoms with Crippen molar-refractivity contribution in [2.75, 3.05) is 0 Å². The van der Waals surface area contributed by atoms with Gasteiger partial charge in [0.1, 0.15) is 35.0 Å². The molecule has 61 heavy (non-hydrogen) atoms. The van der Waals surface area contributed by atoms with Crippen LogP contribution in [0.25, 0.3) is 39.1 Å². The van der Waals surface area contributed by atoms with Crippen molar-refractivity contribution in [1.29, 1.82) is 0 Å². The largest absolute Gasteiger partial charge is 0.314 e. The molecule has 0 N–H and O–H groups in total. The first-order valence-corrected chi connectivity index (χ1v) is 20.3.